The minimum atomic E-state index is 0.513. The van der Waals surface area contributed by atoms with E-state index in [2.05, 4.69) is 23.7 Å². The van der Waals surface area contributed by atoms with Gasteiger partial charge in [-0.05, 0) is 37.4 Å². The average Bonchev–Trinajstić information content (AvgIpc) is 2.41. The second kappa shape index (κ2) is 6.58. The number of benzene rings is 1. The maximum absolute atomic E-state index is 5.85. The Morgan fingerprint density at radius 2 is 2.11 bits per heavy atom. The van der Waals surface area contributed by atoms with Gasteiger partial charge in [0.05, 0.1) is 6.54 Å². The summed E-state index contributed by atoms with van der Waals surface area (Å²) in [6.45, 7) is 5.03. The predicted octanol–water partition coefficient (Wildman–Crippen LogP) is 2.10. The van der Waals surface area contributed by atoms with Crippen LogP contribution in [0.5, 0.6) is 0 Å². The molecule has 1 heterocycles. The first-order valence-corrected chi connectivity index (χ1v) is 6.77. The molecule has 2 rings (SSSR count). The van der Waals surface area contributed by atoms with Crippen molar-refractivity contribution >= 4 is 0 Å². The van der Waals surface area contributed by atoms with Gasteiger partial charge in [0.1, 0.15) is 0 Å². The van der Waals surface area contributed by atoms with Crippen LogP contribution in [-0.4, -0.2) is 30.6 Å². The van der Waals surface area contributed by atoms with Gasteiger partial charge in [0.15, 0.2) is 0 Å². The van der Waals surface area contributed by atoms with Gasteiger partial charge in [-0.2, -0.15) is 0 Å². The van der Waals surface area contributed by atoms with Crippen LogP contribution >= 0.6 is 0 Å². The number of nitrogens with zero attached hydrogens (tertiary/aromatic N) is 1. The molecule has 1 aliphatic heterocycles. The van der Waals surface area contributed by atoms with Gasteiger partial charge in [0, 0.05) is 18.2 Å². The molecule has 1 fully saturated rings. The van der Waals surface area contributed by atoms with Crippen molar-refractivity contribution in [1.29, 1.82) is 0 Å². The number of rotatable bonds is 2. The van der Waals surface area contributed by atoms with Gasteiger partial charge in [-0.15, -0.1) is 0 Å². The Hall–Kier alpha value is -1.30. The van der Waals surface area contributed by atoms with Crippen LogP contribution in [-0.2, 0) is 0 Å². The molecule has 2 N–H and O–H groups in total. The molecule has 0 aromatic heterocycles. The first kappa shape index (κ1) is 13.1. The smallest absolute Gasteiger partial charge is 0.0608 e. The number of likely N-dealkylation sites (tertiary alicyclic amines) is 1. The van der Waals surface area contributed by atoms with E-state index >= 15 is 0 Å². The fraction of sp³-hybridized carbons (Fsp3) is 0.500. The number of hydrogen-bond donors (Lipinski definition) is 1. The molecule has 96 valence electrons. The largest absolute Gasteiger partial charge is 0.329 e. The highest BCUT2D eigenvalue weighted by Gasteiger charge is 2.24. The third-order valence-electron chi connectivity index (χ3n) is 3.66. The highest BCUT2D eigenvalue weighted by atomic mass is 15.2. The highest BCUT2D eigenvalue weighted by molar-refractivity contribution is 5.33. The van der Waals surface area contributed by atoms with Crippen molar-refractivity contribution in [3.8, 4) is 11.8 Å². The Balaban J connectivity index is 1.91. The van der Waals surface area contributed by atoms with Gasteiger partial charge in [-0.3, -0.25) is 4.90 Å². The lowest BCUT2D eigenvalue weighted by molar-refractivity contribution is 0.139. The Bertz CT molecular complexity index is 416. The maximum atomic E-state index is 5.85. The number of nitrogens with two attached hydrogens (primary N) is 1. The molecule has 0 aliphatic carbocycles. The van der Waals surface area contributed by atoms with Gasteiger partial charge in [-0.1, -0.05) is 37.0 Å². The molecule has 1 aromatic rings. The first-order valence-electron chi connectivity index (χ1n) is 6.77. The van der Waals surface area contributed by atoms with Crippen LogP contribution in [0.3, 0.4) is 0 Å². The SMILES string of the molecule is CC1CCN(CC#Cc2ccccc2)C(CN)C1. The highest BCUT2D eigenvalue weighted by Crippen LogP contribution is 2.21. The quantitative estimate of drug-likeness (QED) is 0.805. The molecule has 2 heteroatoms. The monoisotopic (exact) mass is 242 g/mol. The molecule has 2 atom stereocenters. The van der Waals surface area contributed by atoms with Crippen LogP contribution < -0.4 is 5.73 Å². The van der Waals surface area contributed by atoms with Crippen LogP contribution in [0.1, 0.15) is 25.3 Å². The summed E-state index contributed by atoms with van der Waals surface area (Å²) < 4.78 is 0. The van der Waals surface area contributed by atoms with Crippen LogP contribution in [0.25, 0.3) is 0 Å². The fourth-order valence-corrected chi connectivity index (χ4v) is 2.52. The molecular formula is C16H22N2. The van der Waals surface area contributed by atoms with E-state index in [1.807, 2.05) is 30.3 Å². The Morgan fingerprint density at radius 1 is 1.33 bits per heavy atom. The summed E-state index contributed by atoms with van der Waals surface area (Å²) in [7, 11) is 0. The van der Waals surface area contributed by atoms with Crippen molar-refractivity contribution in [3.63, 3.8) is 0 Å². The zero-order valence-corrected chi connectivity index (χ0v) is 11.1. The van der Waals surface area contributed by atoms with E-state index in [0.29, 0.717) is 6.04 Å². The average molecular weight is 242 g/mol. The molecule has 0 bridgehead atoms. The molecule has 1 aliphatic rings. The van der Waals surface area contributed by atoms with Crippen LogP contribution in [0.15, 0.2) is 30.3 Å². The lowest BCUT2D eigenvalue weighted by Crippen LogP contribution is -2.46. The van der Waals surface area contributed by atoms with Gasteiger partial charge < -0.3 is 5.73 Å². The standard InChI is InChI=1S/C16H22N2/c1-14-9-11-18(16(12-14)13-17)10-5-8-15-6-3-2-4-7-15/h2-4,6-7,14,16H,9-13,17H2,1H3. The minimum absolute atomic E-state index is 0.513. The molecule has 2 unspecified atom stereocenters. The fourth-order valence-electron chi connectivity index (χ4n) is 2.52. The van der Waals surface area contributed by atoms with Gasteiger partial charge in [0.25, 0.3) is 0 Å². The van der Waals surface area contributed by atoms with Crippen LogP contribution in [0.4, 0.5) is 0 Å². The number of hydrogen-bond acceptors (Lipinski definition) is 2. The zero-order chi connectivity index (χ0) is 12.8. The van der Waals surface area contributed by atoms with E-state index in [0.717, 1.165) is 31.1 Å². The third-order valence-corrected chi connectivity index (χ3v) is 3.66. The zero-order valence-electron chi connectivity index (χ0n) is 11.1. The van der Waals surface area contributed by atoms with E-state index in [-0.39, 0.29) is 0 Å². The van der Waals surface area contributed by atoms with Crippen LogP contribution in [0, 0.1) is 17.8 Å². The normalized spacial score (nSPS) is 24.3. The Labute approximate surface area is 110 Å². The van der Waals surface area contributed by atoms with Crippen molar-refractivity contribution in [2.75, 3.05) is 19.6 Å². The molecule has 0 saturated carbocycles. The molecule has 1 aromatic carbocycles. The summed E-state index contributed by atoms with van der Waals surface area (Å²) in [4.78, 5) is 2.43. The van der Waals surface area contributed by atoms with Gasteiger partial charge in [-0.25, -0.2) is 0 Å². The van der Waals surface area contributed by atoms with E-state index in [9.17, 15) is 0 Å². The minimum Gasteiger partial charge on any atom is -0.329 e. The lowest BCUT2D eigenvalue weighted by Gasteiger charge is -2.36. The summed E-state index contributed by atoms with van der Waals surface area (Å²) >= 11 is 0. The molecule has 0 amide bonds. The summed E-state index contributed by atoms with van der Waals surface area (Å²) in [5.41, 5.74) is 6.94. The van der Waals surface area contributed by atoms with Crippen molar-refractivity contribution < 1.29 is 0 Å². The summed E-state index contributed by atoms with van der Waals surface area (Å²) in [5.74, 6) is 7.29. The molecule has 0 radical (unpaired) electrons. The lowest BCUT2D eigenvalue weighted by atomic mass is 9.92. The van der Waals surface area contributed by atoms with Crippen LogP contribution in [0.2, 0.25) is 0 Å². The first-order chi connectivity index (χ1) is 8.79. The Morgan fingerprint density at radius 3 is 2.83 bits per heavy atom. The Kier molecular flexibility index (Phi) is 4.81. The van der Waals surface area contributed by atoms with E-state index in [1.54, 1.807) is 0 Å². The summed E-state index contributed by atoms with van der Waals surface area (Å²) in [6, 6.07) is 10.7. The summed E-state index contributed by atoms with van der Waals surface area (Å²) in [5, 5.41) is 0. The second-order valence-corrected chi connectivity index (χ2v) is 5.16. The third kappa shape index (κ3) is 3.60. The molecule has 18 heavy (non-hydrogen) atoms. The van der Waals surface area contributed by atoms with E-state index < -0.39 is 0 Å². The van der Waals surface area contributed by atoms with E-state index in [1.165, 1.54) is 12.8 Å². The van der Waals surface area contributed by atoms with E-state index in [4.69, 9.17) is 5.73 Å². The predicted molar refractivity (Wildman–Crippen MR) is 76.1 cm³/mol. The topological polar surface area (TPSA) is 29.3 Å². The summed E-state index contributed by atoms with van der Waals surface area (Å²) in [6.07, 6.45) is 2.48. The maximum Gasteiger partial charge on any atom is 0.0608 e. The second-order valence-electron chi connectivity index (χ2n) is 5.16. The van der Waals surface area contributed by atoms with Crippen molar-refractivity contribution in [3.05, 3.63) is 35.9 Å². The molecule has 1 saturated heterocycles. The molecule has 2 nitrogen and oxygen atoms in total. The molecular weight excluding hydrogens is 220 g/mol. The van der Waals surface area contributed by atoms with Crippen molar-refractivity contribution in [1.82, 2.24) is 4.90 Å². The number of piperidine rings is 1. The molecule has 0 spiro atoms. The van der Waals surface area contributed by atoms with Crippen molar-refractivity contribution in [2.24, 2.45) is 11.7 Å². The van der Waals surface area contributed by atoms with Gasteiger partial charge >= 0.3 is 0 Å². The van der Waals surface area contributed by atoms with Gasteiger partial charge in [0.2, 0.25) is 0 Å². The van der Waals surface area contributed by atoms with Crippen molar-refractivity contribution in [2.45, 2.75) is 25.8 Å².